The monoisotopic (exact) mass is 301 g/mol. The zero-order valence-electron chi connectivity index (χ0n) is 11.5. The molecule has 1 unspecified atom stereocenters. The van der Waals surface area contributed by atoms with E-state index in [2.05, 4.69) is 5.32 Å². The first-order valence-corrected chi connectivity index (χ1v) is 5.80. The molecule has 0 aliphatic rings. The quantitative estimate of drug-likeness (QED) is 0.665. The van der Waals surface area contributed by atoms with E-state index in [-0.39, 0.29) is 0 Å². The van der Waals surface area contributed by atoms with Crippen molar-refractivity contribution in [2.45, 2.75) is 13.0 Å². The van der Waals surface area contributed by atoms with E-state index in [9.17, 15) is 28.5 Å². The summed E-state index contributed by atoms with van der Waals surface area (Å²) >= 11 is 0. The highest BCUT2D eigenvalue weighted by Crippen LogP contribution is 2.22. The van der Waals surface area contributed by atoms with E-state index in [1.165, 1.54) is 25.9 Å². The first-order chi connectivity index (χ1) is 9.65. The Morgan fingerprint density at radius 2 is 1.81 bits per heavy atom. The van der Waals surface area contributed by atoms with Crippen LogP contribution in [0.5, 0.6) is 0 Å². The number of nitro groups is 1. The zero-order valence-corrected chi connectivity index (χ0v) is 11.5. The Morgan fingerprint density at radius 1 is 1.29 bits per heavy atom. The van der Waals surface area contributed by atoms with Gasteiger partial charge in [0.2, 0.25) is 5.91 Å². The van der Waals surface area contributed by atoms with Crippen LogP contribution in [-0.2, 0) is 4.79 Å². The second-order valence-electron chi connectivity index (χ2n) is 4.47. The molecule has 0 saturated heterocycles. The van der Waals surface area contributed by atoms with Gasteiger partial charge in [-0.25, -0.2) is 8.78 Å². The van der Waals surface area contributed by atoms with Crippen LogP contribution in [0.1, 0.15) is 17.3 Å². The summed E-state index contributed by atoms with van der Waals surface area (Å²) in [5, 5.41) is 13.0. The Kier molecular flexibility index (Phi) is 4.90. The molecule has 0 aliphatic heterocycles. The second kappa shape index (κ2) is 6.25. The van der Waals surface area contributed by atoms with Crippen LogP contribution >= 0.6 is 0 Å². The molecule has 0 radical (unpaired) electrons. The van der Waals surface area contributed by atoms with Gasteiger partial charge in [-0.1, -0.05) is 0 Å². The highest BCUT2D eigenvalue weighted by atomic mass is 19.2. The molecular formula is C12H13F2N3O4. The number of halogens is 2. The maximum Gasteiger partial charge on any atom is 0.285 e. The number of benzene rings is 1. The number of carbonyl (C=O) groups excluding carboxylic acids is 2. The van der Waals surface area contributed by atoms with Gasteiger partial charge in [0.05, 0.1) is 11.0 Å². The summed E-state index contributed by atoms with van der Waals surface area (Å²) in [4.78, 5) is 34.5. The van der Waals surface area contributed by atoms with E-state index in [0.717, 1.165) is 0 Å². The molecule has 0 aromatic heterocycles. The standard InChI is InChI=1S/C12H13F2N3O4/c1-6(12(19)16(2)3)15-11(18)7-4-8(13)9(14)5-10(7)17(20)21/h4-6H,1-3H3,(H,15,18). The summed E-state index contributed by atoms with van der Waals surface area (Å²) in [7, 11) is 2.93. The fraction of sp³-hybridized carbons (Fsp3) is 0.333. The number of hydrogen-bond acceptors (Lipinski definition) is 4. The van der Waals surface area contributed by atoms with Gasteiger partial charge in [-0.05, 0) is 13.0 Å². The van der Waals surface area contributed by atoms with Crippen LogP contribution in [0.2, 0.25) is 0 Å². The molecule has 0 fully saturated rings. The molecule has 7 nitrogen and oxygen atoms in total. The normalized spacial score (nSPS) is 11.7. The maximum absolute atomic E-state index is 13.2. The summed E-state index contributed by atoms with van der Waals surface area (Å²) in [6.45, 7) is 1.37. The summed E-state index contributed by atoms with van der Waals surface area (Å²) in [5.74, 6) is -4.31. The number of likely N-dealkylation sites (N-methyl/N-ethyl adjacent to an activating group) is 1. The molecule has 2 amide bonds. The number of rotatable bonds is 4. The summed E-state index contributed by atoms with van der Waals surface area (Å²) < 4.78 is 26.2. The van der Waals surface area contributed by atoms with Gasteiger partial charge >= 0.3 is 0 Å². The van der Waals surface area contributed by atoms with Crippen LogP contribution in [0.4, 0.5) is 14.5 Å². The summed E-state index contributed by atoms with van der Waals surface area (Å²) in [5.41, 5.74) is -1.53. The molecule has 0 aliphatic carbocycles. The topological polar surface area (TPSA) is 92.5 Å². The van der Waals surface area contributed by atoms with E-state index in [4.69, 9.17) is 0 Å². The highest BCUT2D eigenvalue weighted by molar-refractivity contribution is 6.00. The average molecular weight is 301 g/mol. The Morgan fingerprint density at radius 3 is 2.29 bits per heavy atom. The molecule has 1 N–H and O–H groups in total. The predicted molar refractivity (Wildman–Crippen MR) is 68.6 cm³/mol. The third kappa shape index (κ3) is 3.71. The highest BCUT2D eigenvalue weighted by Gasteiger charge is 2.26. The van der Waals surface area contributed by atoms with Crippen molar-refractivity contribution in [1.82, 2.24) is 10.2 Å². The third-order valence-electron chi connectivity index (χ3n) is 2.64. The Hall–Kier alpha value is -2.58. The second-order valence-corrected chi connectivity index (χ2v) is 4.47. The molecule has 1 aromatic rings. The molecule has 114 valence electrons. The summed E-state index contributed by atoms with van der Waals surface area (Å²) in [6.07, 6.45) is 0. The van der Waals surface area contributed by atoms with E-state index in [0.29, 0.717) is 12.1 Å². The molecule has 1 atom stereocenters. The third-order valence-corrected chi connectivity index (χ3v) is 2.64. The lowest BCUT2D eigenvalue weighted by atomic mass is 10.1. The van der Waals surface area contributed by atoms with E-state index in [1.54, 1.807) is 0 Å². The van der Waals surface area contributed by atoms with Crippen molar-refractivity contribution in [3.63, 3.8) is 0 Å². The van der Waals surface area contributed by atoms with Gasteiger partial charge in [-0.15, -0.1) is 0 Å². The first kappa shape index (κ1) is 16.5. The zero-order chi connectivity index (χ0) is 16.3. The number of nitrogens with zero attached hydrogens (tertiary/aromatic N) is 2. The molecular weight excluding hydrogens is 288 g/mol. The van der Waals surface area contributed by atoms with Crippen LogP contribution < -0.4 is 5.32 Å². The van der Waals surface area contributed by atoms with E-state index >= 15 is 0 Å². The Labute approximate surface area is 118 Å². The molecule has 0 saturated carbocycles. The van der Waals surface area contributed by atoms with Crippen LogP contribution in [0.25, 0.3) is 0 Å². The molecule has 0 bridgehead atoms. The minimum atomic E-state index is -1.43. The predicted octanol–water partition coefficient (Wildman–Crippen LogP) is 1.08. The van der Waals surface area contributed by atoms with Crippen molar-refractivity contribution in [3.8, 4) is 0 Å². The fourth-order valence-corrected chi connectivity index (χ4v) is 1.59. The van der Waals surface area contributed by atoms with Crippen molar-refractivity contribution >= 4 is 17.5 Å². The first-order valence-electron chi connectivity index (χ1n) is 5.80. The minimum Gasteiger partial charge on any atom is -0.347 e. The molecule has 1 rings (SSSR count). The average Bonchev–Trinajstić information content (AvgIpc) is 2.39. The van der Waals surface area contributed by atoms with Crippen LogP contribution in [0, 0.1) is 21.7 Å². The van der Waals surface area contributed by atoms with Gasteiger partial charge < -0.3 is 10.2 Å². The van der Waals surface area contributed by atoms with Gasteiger partial charge in [0.15, 0.2) is 11.6 Å². The molecule has 21 heavy (non-hydrogen) atoms. The molecule has 1 aromatic carbocycles. The van der Waals surface area contributed by atoms with E-state index in [1.807, 2.05) is 0 Å². The number of nitro benzene ring substituents is 1. The lowest BCUT2D eigenvalue weighted by Crippen LogP contribution is -2.44. The van der Waals surface area contributed by atoms with Crippen molar-refractivity contribution < 1.29 is 23.3 Å². The number of hydrogen-bond donors (Lipinski definition) is 1. The Bertz CT molecular complexity index is 604. The number of nitrogens with one attached hydrogen (secondary N) is 1. The minimum absolute atomic E-state index is 0.322. The van der Waals surface area contributed by atoms with Gasteiger partial charge in [-0.2, -0.15) is 0 Å². The van der Waals surface area contributed by atoms with Gasteiger partial charge in [0, 0.05) is 14.1 Å². The SMILES string of the molecule is CC(NC(=O)c1cc(F)c(F)cc1[N+](=O)[O-])C(=O)N(C)C. The molecule has 0 heterocycles. The smallest absolute Gasteiger partial charge is 0.285 e. The lowest BCUT2D eigenvalue weighted by Gasteiger charge is -2.18. The fourth-order valence-electron chi connectivity index (χ4n) is 1.59. The van der Waals surface area contributed by atoms with Crippen molar-refractivity contribution in [2.24, 2.45) is 0 Å². The van der Waals surface area contributed by atoms with Gasteiger partial charge in [0.1, 0.15) is 11.6 Å². The lowest BCUT2D eigenvalue weighted by molar-refractivity contribution is -0.385. The van der Waals surface area contributed by atoms with Crippen LogP contribution in [-0.4, -0.2) is 41.8 Å². The molecule has 0 spiro atoms. The van der Waals surface area contributed by atoms with Crippen molar-refractivity contribution in [2.75, 3.05) is 14.1 Å². The Balaban J connectivity index is 3.10. The van der Waals surface area contributed by atoms with Crippen LogP contribution in [0.3, 0.4) is 0 Å². The number of amides is 2. The van der Waals surface area contributed by atoms with E-state index < -0.39 is 45.7 Å². The van der Waals surface area contributed by atoms with Crippen molar-refractivity contribution in [3.05, 3.63) is 39.4 Å². The maximum atomic E-state index is 13.2. The summed E-state index contributed by atoms with van der Waals surface area (Å²) in [6, 6.07) is -0.224. The number of carbonyl (C=O) groups is 2. The molecule has 9 heteroatoms. The van der Waals surface area contributed by atoms with Crippen LogP contribution in [0.15, 0.2) is 12.1 Å². The largest absolute Gasteiger partial charge is 0.347 e. The van der Waals surface area contributed by atoms with Gasteiger partial charge in [0.25, 0.3) is 11.6 Å². The van der Waals surface area contributed by atoms with Crippen molar-refractivity contribution in [1.29, 1.82) is 0 Å². The van der Waals surface area contributed by atoms with Gasteiger partial charge in [-0.3, -0.25) is 19.7 Å².